The van der Waals surface area contributed by atoms with Crippen molar-refractivity contribution < 1.29 is 4.79 Å². The maximum atomic E-state index is 12.5. The van der Waals surface area contributed by atoms with E-state index in [9.17, 15) is 9.59 Å². The summed E-state index contributed by atoms with van der Waals surface area (Å²) in [6, 6.07) is 6.74. The van der Waals surface area contributed by atoms with Crippen molar-refractivity contribution in [3.63, 3.8) is 0 Å². The second-order valence-corrected chi connectivity index (χ2v) is 6.79. The van der Waals surface area contributed by atoms with Crippen LogP contribution in [0.25, 0.3) is 10.9 Å². The Morgan fingerprint density at radius 3 is 2.71 bits per heavy atom. The lowest BCUT2D eigenvalue weighted by Crippen LogP contribution is -2.31. The van der Waals surface area contributed by atoms with Crippen molar-refractivity contribution in [2.45, 2.75) is 33.2 Å². The van der Waals surface area contributed by atoms with E-state index in [1.807, 2.05) is 20.8 Å². The number of benzene rings is 1. The van der Waals surface area contributed by atoms with E-state index in [1.165, 1.54) is 0 Å². The number of aromatic amines is 1. The summed E-state index contributed by atoms with van der Waals surface area (Å²) < 4.78 is 0. The van der Waals surface area contributed by atoms with E-state index in [1.54, 1.807) is 35.6 Å². The number of para-hydroxylation sites is 1. The van der Waals surface area contributed by atoms with Crippen LogP contribution in [0.1, 0.15) is 45.6 Å². The number of nitrogens with one attached hydrogen (secondary N) is 2. The lowest BCUT2D eigenvalue weighted by molar-refractivity contribution is 0.0925. The van der Waals surface area contributed by atoms with Crippen molar-refractivity contribution in [1.29, 1.82) is 0 Å². The van der Waals surface area contributed by atoms with Crippen LogP contribution in [0.5, 0.6) is 0 Å². The third-order valence-corrected chi connectivity index (χ3v) is 5.07. The summed E-state index contributed by atoms with van der Waals surface area (Å²) in [6.45, 7) is 5.94. The van der Waals surface area contributed by atoms with Crippen LogP contribution >= 0.6 is 11.3 Å². The Kier molecular flexibility index (Phi) is 4.44. The van der Waals surface area contributed by atoms with Crippen molar-refractivity contribution in [3.05, 3.63) is 56.0 Å². The van der Waals surface area contributed by atoms with Gasteiger partial charge in [-0.3, -0.25) is 9.59 Å². The third kappa shape index (κ3) is 3.07. The highest BCUT2D eigenvalue weighted by molar-refractivity contribution is 7.11. The van der Waals surface area contributed by atoms with Crippen LogP contribution in [0.2, 0.25) is 0 Å². The normalized spacial score (nSPS) is 12.3. The monoisotopic (exact) mass is 342 g/mol. The van der Waals surface area contributed by atoms with Crippen molar-refractivity contribution >= 4 is 28.1 Å². The number of amides is 1. The molecule has 2 aromatic heterocycles. The first-order chi connectivity index (χ1) is 11.5. The van der Waals surface area contributed by atoms with Crippen LogP contribution < -0.4 is 10.9 Å². The van der Waals surface area contributed by atoms with E-state index in [-0.39, 0.29) is 17.4 Å². The molecule has 6 nitrogen and oxygen atoms in total. The zero-order chi connectivity index (χ0) is 17.3. The van der Waals surface area contributed by atoms with Gasteiger partial charge in [0.2, 0.25) is 0 Å². The molecule has 3 aromatic rings. The highest BCUT2D eigenvalue weighted by Gasteiger charge is 2.20. The van der Waals surface area contributed by atoms with Gasteiger partial charge in [-0.15, -0.1) is 11.3 Å². The summed E-state index contributed by atoms with van der Waals surface area (Å²) in [6.07, 6.45) is 0.704. The summed E-state index contributed by atoms with van der Waals surface area (Å²) in [4.78, 5) is 37.0. The number of rotatable bonds is 4. The van der Waals surface area contributed by atoms with Gasteiger partial charge in [0.05, 0.1) is 22.6 Å². The van der Waals surface area contributed by atoms with E-state index in [0.29, 0.717) is 17.3 Å². The van der Waals surface area contributed by atoms with Crippen LogP contribution in [0.4, 0.5) is 0 Å². The SMILES string of the molecule is CC[C@@H](NC(=O)c1nc2ccccc2c(=O)[nH]1)c1nc(C)c(C)s1. The van der Waals surface area contributed by atoms with Crippen molar-refractivity contribution in [2.75, 3.05) is 0 Å². The van der Waals surface area contributed by atoms with Crippen molar-refractivity contribution in [1.82, 2.24) is 20.3 Å². The second-order valence-electron chi connectivity index (χ2n) is 5.56. The largest absolute Gasteiger partial charge is 0.340 e. The van der Waals surface area contributed by atoms with Gasteiger partial charge in [-0.05, 0) is 32.4 Å². The summed E-state index contributed by atoms with van der Waals surface area (Å²) >= 11 is 1.57. The van der Waals surface area contributed by atoms with Gasteiger partial charge in [0.15, 0.2) is 5.82 Å². The zero-order valence-electron chi connectivity index (χ0n) is 13.7. The minimum Gasteiger partial charge on any atom is -0.340 e. The van der Waals surface area contributed by atoms with Crippen LogP contribution in [0.15, 0.2) is 29.1 Å². The minimum atomic E-state index is -0.407. The molecule has 0 saturated carbocycles. The molecule has 0 radical (unpaired) electrons. The highest BCUT2D eigenvalue weighted by atomic mass is 32.1. The number of thiazole rings is 1. The fourth-order valence-corrected chi connectivity index (χ4v) is 3.46. The topological polar surface area (TPSA) is 87.7 Å². The molecule has 1 atom stereocenters. The molecule has 2 heterocycles. The number of aromatic nitrogens is 3. The molecular weight excluding hydrogens is 324 g/mol. The van der Waals surface area contributed by atoms with Gasteiger partial charge in [0.25, 0.3) is 11.5 Å². The zero-order valence-corrected chi connectivity index (χ0v) is 14.5. The Balaban J connectivity index is 1.89. The summed E-state index contributed by atoms with van der Waals surface area (Å²) in [5.41, 5.74) is 1.15. The van der Waals surface area contributed by atoms with Crippen LogP contribution in [0.3, 0.4) is 0 Å². The van der Waals surface area contributed by atoms with E-state index < -0.39 is 5.91 Å². The van der Waals surface area contributed by atoms with Crippen molar-refractivity contribution in [2.24, 2.45) is 0 Å². The standard InChI is InChI=1S/C17H18N4O2S/c1-4-12(17-18-9(2)10(3)24-17)20-16(23)14-19-13-8-6-5-7-11(13)15(22)21-14/h5-8,12H,4H2,1-3H3,(H,20,23)(H,19,21,22)/t12-/m1/s1. The average molecular weight is 342 g/mol. The number of carbonyl (C=O) groups excluding carboxylic acids is 1. The van der Waals surface area contributed by atoms with Crippen LogP contribution in [-0.4, -0.2) is 20.9 Å². The third-order valence-electron chi connectivity index (χ3n) is 3.88. The first kappa shape index (κ1) is 16.3. The Hall–Kier alpha value is -2.54. The molecule has 0 aliphatic carbocycles. The molecule has 0 spiro atoms. The van der Waals surface area contributed by atoms with Crippen LogP contribution in [0, 0.1) is 13.8 Å². The predicted octanol–water partition coefficient (Wildman–Crippen LogP) is 2.88. The molecule has 0 fully saturated rings. The number of H-pyrrole nitrogens is 1. The molecule has 0 aliphatic heterocycles. The fourth-order valence-electron chi connectivity index (χ4n) is 2.41. The maximum Gasteiger partial charge on any atom is 0.287 e. The molecule has 0 bridgehead atoms. The summed E-state index contributed by atoms with van der Waals surface area (Å²) in [7, 11) is 0. The van der Waals surface area contributed by atoms with Gasteiger partial charge >= 0.3 is 0 Å². The summed E-state index contributed by atoms with van der Waals surface area (Å²) in [5.74, 6) is -0.391. The number of hydrogen-bond acceptors (Lipinski definition) is 5. The van der Waals surface area contributed by atoms with Gasteiger partial charge in [-0.1, -0.05) is 19.1 Å². The lowest BCUT2D eigenvalue weighted by Gasteiger charge is -2.14. The van der Waals surface area contributed by atoms with Gasteiger partial charge in [0, 0.05) is 4.88 Å². The van der Waals surface area contributed by atoms with Gasteiger partial charge < -0.3 is 10.3 Å². The molecule has 1 aromatic carbocycles. The quantitative estimate of drug-likeness (QED) is 0.763. The Morgan fingerprint density at radius 2 is 2.04 bits per heavy atom. The maximum absolute atomic E-state index is 12.5. The van der Waals surface area contributed by atoms with Crippen LogP contribution in [-0.2, 0) is 0 Å². The van der Waals surface area contributed by atoms with E-state index in [2.05, 4.69) is 20.3 Å². The Bertz CT molecular complexity index is 941. The van der Waals surface area contributed by atoms with E-state index in [0.717, 1.165) is 15.6 Å². The highest BCUT2D eigenvalue weighted by Crippen LogP contribution is 2.25. The number of fused-ring (bicyclic) bond motifs is 1. The fraction of sp³-hybridized carbons (Fsp3) is 0.294. The minimum absolute atomic E-state index is 0.0159. The molecule has 2 N–H and O–H groups in total. The number of carbonyl (C=O) groups is 1. The molecule has 0 saturated heterocycles. The Morgan fingerprint density at radius 1 is 1.29 bits per heavy atom. The Labute approximate surface area is 143 Å². The smallest absolute Gasteiger partial charge is 0.287 e. The molecule has 7 heteroatoms. The molecule has 3 rings (SSSR count). The molecule has 1 amide bonds. The number of hydrogen-bond donors (Lipinski definition) is 2. The second kappa shape index (κ2) is 6.52. The lowest BCUT2D eigenvalue weighted by atomic mass is 10.2. The van der Waals surface area contributed by atoms with E-state index >= 15 is 0 Å². The van der Waals surface area contributed by atoms with Gasteiger partial charge in [-0.25, -0.2) is 9.97 Å². The number of aryl methyl sites for hydroxylation is 2. The van der Waals surface area contributed by atoms with Gasteiger partial charge in [-0.2, -0.15) is 0 Å². The molecule has 24 heavy (non-hydrogen) atoms. The molecular formula is C17H18N4O2S. The predicted molar refractivity (Wildman–Crippen MR) is 94.4 cm³/mol. The average Bonchev–Trinajstić information content (AvgIpc) is 2.91. The number of nitrogens with zero attached hydrogens (tertiary/aromatic N) is 2. The molecule has 124 valence electrons. The first-order valence-electron chi connectivity index (χ1n) is 7.73. The first-order valence-corrected chi connectivity index (χ1v) is 8.55. The summed E-state index contributed by atoms with van der Waals surface area (Å²) in [5, 5.41) is 4.24. The molecule has 0 unspecified atom stereocenters. The van der Waals surface area contributed by atoms with E-state index in [4.69, 9.17) is 0 Å². The molecule has 0 aliphatic rings. The van der Waals surface area contributed by atoms with Gasteiger partial charge in [0.1, 0.15) is 5.01 Å². The van der Waals surface area contributed by atoms with Crippen molar-refractivity contribution in [3.8, 4) is 0 Å².